The number of esters is 1. The molecule has 0 N–H and O–H groups in total. The Morgan fingerprint density at radius 1 is 1.22 bits per heavy atom. The van der Waals surface area contributed by atoms with Crippen molar-refractivity contribution in [3.05, 3.63) is 75.7 Å². The molecule has 2 aromatic rings. The number of hydrogen-bond donors (Lipinski definition) is 0. The van der Waals surface area contributed by atoms with Crippen LogP contribution in [0.3, 0.4) is 0 Å². The summed E-state index contributed by atoms with van der Waals surface area (Å²) in [7, 11) is 0. The molecule has 138 valence electrons. The third-order valence-corrected chi connectivity index (χ3v) is 5.46. The van der Waals surface area contributed by atoms with Gasteiger partial charge in [0.05, 0.1) is 11.5 Å². The fraction of sp³-hybridized carbons (Fsp3) is 0.150. The minimum absolute atomic E-state index is 0.220. The highest BCUT2D eigenvalue weighted by Gasteiger charge is 2.42. The van der Waals surface area contributed by atoms with Gasteiger partial charge in [0.1, 0.15) is 4.32 Å². The first-order valence-electron chi connectivity index (χ1n) is 8.25. The van der Waals surface area contributed by atoms with Crippen molar-refractivity contribution in [1.29, 1.82) is 0 Å². The van der Waals surface area contributed by atoms with Gasteiger partial charge in [-0.05, 0) is 36.3 Å². The van der Waals surface area contributed by atoms with Gasteiger partial charge in [-0.15, -0.1) is 0 Å². The molecule has 1 unspecified atom stereocenters. The summed E-state index contributed by atoms with van der Waals surface area (Å²) < 4.78 is 5.52. The largest absolute Gasteiger partial charge is 0.464 e. The minimum atomic E-state index is -0.908. The molecule has 4 nitrogen and oxygen atoms in total. The monoisotopic (exact) mass is 417 g/mol. The summed E-state index contributed by atoms with van der Waals surface area (Å²) in [5, 5.41) is 0.617. The Kier molecular flexibility index (Phi) is 6.31. The summed E-state index contributed by atoms with van der Waals surface area (Å²) in [5.74, 6) is -0.824. The van der Waals surface area contributed by atoms with Crippen LogP contribution in [0.4, 0.5) is 0 Å². The zero-order chi connectivity index (χ0) is 19.4. The normalized spacial score (nSPS) is 16.7. The number of thioether (sulfide) groups is 1. The predicted molar refractivity (Wildman–Crippen MR) is 112 cm³/mol. The molecule has 1 atom stereocenters. The van der Waals surface area contributed by atoms with Crippen molar-refractivity contribution < 1.29 is 14.3 Å². The van der Waals surface area contributed by atoms with Gasteiger partial charge in [-0.1, -0.05) is 78.0 Å². The van der Waals surface area contributed by atoms with E-state index in [9.17, 15) is 9.59 Å². The predicted octanol–water partition coefficient (Wildman–Crippen LogP) is 4.85. The minimum Gasteiger partial charge on any atom is -0.464 e. The van der Waals surface area contributed by atoms with E-state index < -0.39 is 12.0 Å². The summed E-state index contributed by atoms with van der Waals surface area (Å²) in [4.78, 5) is 27.4. The van der Waals surface area contributed by atoms with Crippen molar-refractivity contribution in [3.63, 3.8) is 0 Å². The first kappa shape index (κ1) is 19.6. The molecule has 1 heterocycles. The second-order valence-electron chi connectivity index (χ2n) is 5.67. The summed E-state index contributed by atoms with van der Waals surface area (Å²) in [6.45, 7) is 1.95. The second kappa shape index (κ2) is 8.69. The maximum absolute atomic E-state index is 13.0. The van der Waals surface area contributed by atoms with Crippen LogP contribution in [0.25, 0.3) is 6.08 Å². The van der Waals surface area contributed by atoms with Crippen molar-refractivity contribution in [2.24, 2.45) is 0 Å². The van der Waals surface area contributed by atoms with Gasteiger partial charge in [0.2, 0.25) is 0 Å². The number of halogens is 1. The molecular weight excluding hydrogens is 402 g/mol. The fourth-order valence-electron chi connectivity index (χ4n) is 2.66. The van der Waals surface area contributed by atoms with Crippen LogP contribution in [0.1, 0.15) is 24.1 Å². The van der Waals surface area contributed by atoms with E-state index in [1.807, 2.05) is 30.3 Å². The molecule has 0 aromatic heterocycles. The molecule has 2 aromatic carbocycles. The number of nitrogens with zero attached hydrogens (tertiary/aromatic N) is 1. The van der Waals surface area contributed by atoms with Crippen LogP contribution in [0, 0.1) is 0 Å². The molecule has 1 aliphatic rings. The van der Waals surface area contributed by atoms with Gasteiger partial charge in [0, 0.05) is 5.02 Å². The number of carbonyl (C=O) groups is 2. The number of amides is 1. The lowest BCUT2D eigenvalue weighted by atomic mass is 10.1. The molecule has 1 amide bonds. The standard InChI is InChI=1S/C20H16ClNO3S2/c1-2-25-19(24)17(14-6-4-3-5-7-14)22-18(23)16(27-20(22)26)12-13-8-10-15(21)11-9-13/h3-12,17H,2H2,1H3/b16-12+. The van der Waals surface area contributed by atoms with Gasteiger partial charge in [-0.2, -0.15) is 0 Å². The maximum atomic E-state index is 13.0. The highest BCUT2D eigenvalue weighted by molar-refractivity contribution is 8.26. The van der Waals surface area contributed by atoms with Crippen LogP contribution in [0.15, 0.2) is 59.5 Å². The van der Waals surface area contributed by atoms with E-state index in [0.29, 0.717) is 19.8 Å². The average molecular weight is 418 g/mol. The quantitative estimate of drug-likeness (QED) is 0.395. The Balaban J connectivity index is 1.95. The summed E-state index contributed by atoms with van der Waals surface area (Å²) >= 11 is 12.5. The average Bonchev–Trinajstić information content (AvgIpc) is 2.93. The first-order valence-corrected chi connectivity index (χ1v) is 9.85. The van der Waals surface area contributed by atoms with Crippen LogP contribution < -0.4 is 0 Å². The Hall–Kier alpha value is -2.15. The van der Waals surface area contributed by atoms with E-state index >= 15 is 0 Å². The molecule has 1 fully saturated rings. The Morgan fingerprint density at radius 2 is 1.89 bits per heavy atom. The number of benzene rings is 2. The second-order valence-corrected chi connectivity index (χ2v) is 7.78. The summed E-state index contributed by atoms with van der Waals surface area (Å²) in [6, 6.07) is 15.2. The molecule has 0 spiro atoms. The van der Waals surface area contributed by atoms with Crippen molar-refractivity contribution in [3.8, 4) is 0 Å². The molecule has 0 aliphatic carbocycles. The molecule has 0 radical (unpaired) electrons. The van der Waals surface area contributed by atoms with Crippen LogP contribution in [0.2, 0.25) is 5.02 Å². The third kappa shape index (κ3) is 4.40. The SMILES string of the molecule is CCOC(=O)C(c1ccccc1)N1C(=O)/C(=C\c2ccc(Cl)cc2)SC1=S. The van der Waals surface area contributed by atoms with Crippen LogP contribution in [0.5, 0.6) is 0 Å². The zero-order valence-corrected chi connectivity index (χ0v) is 16.8. The highest BCUT2D eigenvalue weighted by atomic mass is 35.5. The van der Waals surface area contributed by atoms with Gasteiger partial charge in [-0.25, -0.2) is 4.79 Å². The molecule has 1 saturated heterocycles. The molecule has 7 heteroatoms. The van der Waals surface area contributed by atoms with Gasteiger partial charge < -0.3 is 4.74 Å². The van der Waals surface area contributed by atoms with Gasteiger partial charge in [-0.3, -0.25) is 9.69 Å². The van der Waals surface area contributed by atoms with Gasteiger partial charge in [0.25, 0.3) is 5.91 Å². The number of carbonyl (C=O) groups excluding carboxylic acids is 2. The fourth-order valence-corrected chi connectivity index (χ4v) is 4.10. The van der Waals surface area contributed by atoms with Crippen molar-refractivity contribution >= 4 is 57.9 Å². The molecule has 27 heavy (non-hydrogen) atoms. The van der Waals surface area contributed by atoms with Crippen LogP contribution in [-0.2, 0) is 14.3 Å². The Labute approximate surface area is 172 Å². The number of hydrogen-bond acceptors (Lipinski definition) is 5. The summed E-state index contributed by atoms with van der Waals surface area (Å²) in [5.41, 5.74) is 1.48. The number of ether oxygens (including phenoxy) is 1. The number of thiocarbonyl (C=S) groups is 1. The van der Waals surface area contributed by atoms with E-state index in [4.69, 9.17) is 28.6 Å². The smallest absolute Gasteiger partial charge is 0.333 e. The van der Waals surface area contributed by atoms with E-state index in [0.717, 1.165) is 5.56 Å². The molecule has 0 bridgehead atoms. The van der Waals surface area contributed by atoms with Crippen LogP contribution >= 0.6 is 35.6 Å². The highest BCUT2D eigenvalue weighted by Crippen LogP contribution is 2.38. The van der Waals surface area contributed by atoms with E-state index in [1.54, 1.807) is 37.3 Å². The Bertz CT molecular complexity index is 897. The van der Waals surface area contributed by atoms with Gasteiger partial charge in [0.15, 0.2) is 6.04 Å². The van der Waals surface area contributed by atoms with Crippen molar-refractivity contribution in [2.45, 2.75) is 13.0 Å². The third-order valence-electron chi connectivity index (χ3n) is 3.87. The number of rotatable bonds is 5. The van der Waals surface area contributed by atoms with E-state index in [-0.39, 0.29) is 12.5 Å². The lowest BCUT2D eigenvalue weighted by molar-refractivity contribution is -0.151. The van der Waals surface area contributed by atoms with E-state index in [1.165, 1.54) is 16.7 Å². The lowest BCUT2D eigenvalue weighted by Gasteiger charge is -2.25. The first-order chi connectivity index (χ1) is 13.0. The van der Waals surface area contributed by atoms with E-state index in [2.05, 4.69) is 0 Å². The maximum Gasteiger partial charge on any atom is 0.333 e. The zero-order valence-electron chi connectivity index (χ0n) is 14.4. The van der Waals surface area contributed by atoms with Crippen molar-refractivity contribution in [1.82, 2.24) is 4.90 Å². The molecule has 3 rings (SSSR count). The Morgan fingerprint density at radius 3 is 2.52 bits per heavy atom. The van der Waals surface area contributed by atoms with Crippen molar-refractivity contribution in [2.75, 3.05) is 6.61 Å². The van der Waals surface area contributed by atoms with Gasteiger partial charge >= 0.3 is 5.97 Å². The molecule has 0 saturated carbocycles. The molecular formula is C20H16ClNO3S2. The van der Waals surface area contributed by atoms with Crippen LogP contribution in [-0.4, -0.2) is 27.7 Å². The topological polar surface area (TPSA) is 46.6 Å². The lowest BCUT2D eigenvalue weighted by Crippen LogP contribution is -2.38. The molecule has 1 aliphatic heterocycles. The summed E-state index contributed by atoms with van der Waals surface area (Å²) in [6.07, 6.45) is 1.74.